The summed E-state index contributed by atoms with van der Waals surface area (Å²) in [6, 6.07) is 14.9. The van der Waals surface area contributed by atoms with Crippen molar-refractivity contribution in [1.29, 1.82) is 0 Å². The smallest absolute Gasteiger partial charge is 0.453 e. The molecule has 0 saturated heterocycles. The molecular weight excluding hydrogens is 365 g/mol. The molecule has 0 bridgehead atoms. The average Bonchev–Trinajstić information content (AvgIpc) is 3.19. The predicted octanol–water partition coefficient (Wildman–Crippen LogP) is 4.49. The summed E-state index contributed by atoms with van der Waals surface area (Å²) in [5.74, 6) is -0.121. The number of alkyl halides is 3. The van der Waals surface area contributed by atoms with Crippen molar-refractivity contribution in [3.8, 4) is 11.5 Å². The van der Waals surface area contributed by atoms with Crippen LogP contribution in [-0.4, -0.2) is 19.8 Å². The Morgan fingerprint density at radius 3 is 2.15 bits per heavy atom. The van der Waals surface area contributed by atoms with E-state index in [2.05, 4.69) is 15.3 Å². The van der Waals surface area contributed by atoms with Crippen molar-refractivity contribution in [1.82, 2.24) is 19.8 Å². The molecule has 0 saturated carbocycles. The van der Waals surface area contributed by atoms with Gasteiger partial charge in [-0.1, -0.05) is 47.7 Å². The molecule has 0 aliphatic carbocycles. The van der Waals surface area contributed by atoms with Gasteiger partial charge in [0.2, 0.25) is 4.96 Å². The maximum atomic E-state index is 13.1. The van der Waals surface area contributed by atoms with Crippen molar-refractivity contribution in [2.75, 3.05) is 0 Å². The third kappa shape index (κ3) is 2.20. The van der Waals surface area contributed by atoms with Gasteiger partial charge in [-0.3, -0.25) is 0 Å². The molecule has 9 heteroatoms. The van der Waals surface area contributed by atoms with E-state index in [1.807, 2.05) is 48.5 Å². The summed E-state index contributed by atoms with van der Waals surface area (Å²) in [5, 5.41) is 11.5. The highest BCUT2D eigenvalue weighted by molar-refractivity contribution is 7.16. The zero-order valence-electron chi connectivity index (χ0n) is 12.9. The molecule has 5 rings (SSSR count). The monoisotopic (exact) mass is 374 g/mol. The van der Waals surface area contributed by atoms with Gasteiger partial charge >= 0.3 is 6.18 Å². The zero-order valence-corrected chi connectivity index (χ0v) is 13.8. The number of hydrogen-bond donors (Lipinski definition) is 0. The molecule has 1 aliphatic rings. The summed E-state index contributed by atoms with van der Waals surface area (Å²) < 4.78 is 46.0. The minimum atomic E-state index is -4.61. The highest BCUT2D eigenvalue weighted by atomic mass is 32.1. The molecule has 0 unspecified atom stereocenters. The summed E-state index contributed by atoms with van der Waals surface area (Å²) in [6.45, 7) is 0. The van der Waals surface area contributed by atoms with E-state index in [-0.39, 0.29) is 10.9 Å². The van der Waals surface area contributed by atoms with E-state index in [0.29, 0.717) is 16.5 Å². The predicted molar refractivity (Wildman–Crippen MR) is 87.6 cm³/mol. The number of halogens is 3. The molecule has 4 aromatic rings. The molecular formula is C17H9F3N4OS. The lowest BCUT2D eigenvalue weighted by Gasteiger charge is -2.26. The molecule has 0 radical (unpaired) electrons. The highest BCUT2D eigenvalue weighted by Gasteiger charge is 2.39. The Hall–Kier alpha value is -2.94. The second-order valence-corrected chi connectivity index (χ2v) is 6.75. The molecule has 3 heterocycles. The van der Waals surface area contributed by atoms with Crippen LogP contribution in [0, 0.1) is 0 Å². The van der Waals surface area contributed by atoms with Crippen molar-refractivity contribution in [2.24, 2.45) is 0 Å². The van der Waals surface area contributed by atoms with Gasteiger partial charge in [0.05, 0.1) is 5.92 Å². The first-order valence-corrected chi connectivity index (χ1v) is 8.49. The van der Waals surface area contributed by atoms with E-state index < -0.39 is 12.0 Å². The molecule has 0 amide bonds. The van der Waals surface area contributed by atoms with Gasteiger partial charge in [0.15, 0.2) is 0 Å². The van der Waals surface area contributed by atoms with Crippen molar-refractivity contribution in [3.63, 3.8) is 0 Å². The number of rotatable bonds is 1. The van der Waals surface area contributed by atoms with E-state index >= 15 is 0 Å². The summed E-state index contributed by atoms with van der Waals surface area (Å²) in [6.07, 6.45) is -4.61. The molecule has 2 aromatic carbocycles. The molecule has 26 heavy (non-hydrogen) atoms. The zero-order chi connectivity index (χ0) is 17.9. The standard InChI is InChI=1S/C17H9F3N4OS/c18-17(19,20)15-21-22-16-24(15)23-14(26-16)13-9-5-1-3-7-11(9)25-12-8-4-2-6-10(12)13/h1-8,13H. The van der Waals surface area contributed by atoms with E-state index in [1.165, 1.54) is 0 Å². The van der Waals surface area contributed by atoms with Gasteiger partial charge in [-0.2, -0.15) is 22.8 Å². The summed E-state index contributed by atoms with van der Waals surface area (Å²) in [7, 11) is 0. The first-order valence-electron chi connectivity index (χ1n) is 7.67. The fourth-order valence-electron chi connectivity index (χ4n) is 3.10. The number of hydrogen-bond acceptors (Lipinski definition) is 5. The van der Waals surface area contributed by atoms with Crippen LogP contribution < -0.4 is 4.74 Å². The van der Waals surface area contributed by atoms with Crippen LogP contribution in [0.4, 0.5) is 13.2 Å². The van der Waals surface area contributed by atoms with Crippen molar-refractivity contribution < 1.29 is 17.9 Å². The van der Waals surface area contributed by atoms with E-state index in [0.717, 1.165) is 27.0 Å². The van der Waals surface area contributed by atoms with Crippen LogP contribution in [0.25, 0.3) is 4.96 Å². The SMILES string of the molecule is FC(F)(F)c1nnc2sc(C3c4ccccc4Oc4ccccc43)nn12. The van der Waals surface area contributed by atoms with Crippen molar-refractivity contribution >= 4 is 16.3 Å². The Morgan fingerprint density at radius 2 is 1.54 bits per heavy atom. The van der Waals surface area contributed by atoms with Crippen LogP contribution in [-0.2, 0) is 6.18 Å². The fraction of sp³-hybridized carbons (Fsp3) is 0.118. The average molecular weight is 374 g/mol. The third-order valence-corrected chi connectivity index (χ3v) is 5.15. The molecule has 0 N–H and O–H groups in total. The van der Waals surface area contributed by atoms with Gasteiger partial charge in [0.1, 0.15) is 16.5 Å². The molecule has 2 aromatic heterocycles. The Labute approximate surface area is 148 Å². The molecule has 0 fully saturated rings. The maximum absolute atomic E-state index is 13.1. The first-order chi connectivity index (χ1) is 12.5. The maximum Gasteiger partial charge on any atom is 0.453 e. The van der Waals surface area contributed by atoms with Gasteiger partial charge in [0.25, 0.3) is 5.82 Å². The number of para-hydroxylation sites is 2. The Bertz CT molecular complexity index is 1090. The Kier molecular flexibility index (Phi) is 3.11. The first kappa shape index (κ1) is 15.3. The molecule has 0 spiro atoms. The highest BCUT2D eigenvalue weighted by Crippen LogP contribution is 2.47. The molecule has 5 nitrogen and oxygen atoms in total. The molecule has 130 valence electrons. The van der Waals surface area contributed by atoms with Gasteiger partial charge in [-0.25, -0.2) is 0 Å². The van der Waals surface area contributed by atoms with Gasteiger partial charge in [-0.05, 0) is 12.1 Å². The lowest BCUT2D eigenvalue weighted by atomic mass is 9.88. The topological polar surface area (TPSA) is 52.3 Å². The second-order valence-electron chi connectivity index (χ2n) is 5.77. The van der Waals surface area contributed by atoms with E-state index in [1.54, 1.807) is 0 Å². The Morgan fingerprint density at radius 1 is 0.923 bits per heavy atom. The van der Waals surface area contributed by atoms with Crippen molar-refractivity contribution in [3.05, 3.63) is 70.5 Å². The number of benzene rings is 2. The van der Waals surface area contributed by atoms with Crippen LogP contribution in [0.5, 0.6) is 11.5 Å². The molecule has 0 atom stereocenters. The van der Waals surface area contributed by atoms with Gasteiger partial charge in [0, 0.05) is 11.1 Å². The van der Waals surface area contributed by atoms with Crippen LogP contribution in [0.15, 0.2) is 48.5 Å². The number of fused-ring (bicyclic) bond motifs is 3. The minimum Gasteiger partial charge on any atom is -0.457 e. The van der Waals surface area contributed by atoms with Crippen LogP contribution in [0.1, 0.15) is 27.9 Å². The molecule has 1 aliphatic heterocycles. The van der Waals surface area contributed by atoms with E-state index in [4.69, 9.17) is 4.74 Å². The van der Waals surface area contributed by atoms with Gasteiger partial charge in [-0.15, -0.1) is 10.2 Å². The number of aromatic nitrogens is 4. The quantitative estimate of drug-likeness (QED) is 0.434. The summed E-state index contributed by atoms with van der Waals surface area (Å²) in [5.41, 5.74) is 1.70. The third-order valence-electron chi connectivity index (χ3n) is 4.19. The largest absolute Gasteiger partial charge is 0.457 e. The lowest BCUT2D eigenvalue weighted by Crippen LogP contribution is -2.14. The fourth-order valence-corrected chi connectivity index (χ4v) is 4.08. The Balaban J connectivity index is 1.73. The summed E-state index contributed by atoms with van der Waals surface area (Å²) in [4.78, 5) is 0.105. The van der Waals surface area contributed by atoms with Crippen molar-refractivity contribution in [2.45, 2.75) is 12.1 Å². The van der Waals surface area contributed by atoms with Gasteiger partial charge < -0.3 is 4.74 Å². The van der Waals surface area contributed by atoms with Crippen LogP contribution in [0.2, 0.25) is 0 Å². The lowest BCUT2D eigenvalue weighted by molar-refractivity contribution is -0.146. The normalized spacial score (nSPS) is 14.1. The van der Waals surface area contributed by atoms with Crippen LogP contribution >= 0.6 is 11.3 Å². The minimum absolute atomic E-state index is 0.105. The number of ether oxygens (including phenoxy) is 1. The van der Waals surface area contributed by atoms with Crippen LogP contribution in [0.3, 0.4) is 0 Å². The number of nitrogens with zero attached hydrogens (tertiary/aromatic N) is 4. The second kappa shape index (κ2) is 5.28. The van der Waals surface area contributed by atoms with E-state index in [9.17, 15) is 13.2 Å². The summed E-state index contributed by atoms with van der Waals surface area (Å²) >= 11 is 1.09.